The number of rotatable bonds is 2. The highest BCUT2D eigenvalue weighted by atomic mass is 16.6. The van der Waals surface area contributed by atoms with Crippen molar-refractivity contribution in [3.8, 4) is 0 Å². The Morgan fingerprint density at radius 3 is 2.71 bits per heavy atom. The Hall–Kier alpha value is -2.37. The quantitative estimate of drug-likeness (QED) is 0.818. The summed E-state index contributed by atoms with van der Waals surface area (Å²) in [7, 11) is 0. The van der Waals surface area contributed by atoms with Crippen molar-refractivity contribution in [1.29, 1.82) is 0 Å². The Morgan fingerprint density at radius 2 is 2.12 bits per heavy atom. The van der Waals surface area contributed by atoms with Gasteiger partial charge in [-0.2, -0.15) is 0 Å². The standard InChI is InChI=1S/C11H12N4O2/c1-6-3-4-8(7(2)5-6)13-11(16)9-10(12)15-17-14-9/h3-5H,1-2H3,(H2,12,15)(H,13,16). The average molecular weight is 232 g/mol. The molecule has 0 saturated carbocycles. The van der Waals surface area contributed by atoms with E-state index in [9.17, 15) is 4.79 Å². The molecular weight excluding hydrogens is 220 g/mol. The number of anilines is 2. The molecule has 1 aromatic carbocycles. The molecule has 2 rings (SSSR count). The third-order valence-corrected chi connectivity index (χ3v) is 2.36. The lowest BCUT2D eigenvalue weighted by Gasteiger charge is -2.07. The van der Waals surface area contributed by atoms with Gasteiger partial charge in [-0.3, -0.25) is 4.79 Å². The van der Waals surface area contributed by atoms with Crippen molar-refractivity contribution in [2.45, 2.75) is 13.8 Å². The van der Waals surface area contributed by atoms with Crippen molar-refractivity contribution in [3.05, 3.63) is 35.0 Å². The van der Waals surface area contributed by atoms with Crippen LogP contribution in [0.5, 0.6) is 0 Å². The fraction of sp³-hybridized carbons (Fsp3) is 0.182. The molecule has 88 valence electrons. The van der Waals surface area contributed by atoms with E-state index in [-0.39, 0.29) is 11.5 Å². The number of nitrogens with zero attached hydrogens (tertiary/aromatic N) is 2. The fourth-order valence-corrected chi connectivity index (χ4v) is 1.49. The summed E-state index contributed by atoms with van der Waals surface area (Å²) < 4.78 is 4.37. The van der Waals surface area contributed by atoms with Crippen LogP contribution in [-0.2, 0) is 0 Å². The highest BCUT2D eigenvalue weighted by Crippen LogP contribution is 2.17. The molecule has 2 aromatic rings. The van der Waals surface area contributed by atoms with Crippen LogP contribution < -0.4 is 11.1 Å². The molecule has 0 bridgehead atoms. The van der Waals surface area contributed by atoms with Crippen LogP contribution in [0.15, 0.2) is 22.8 Å². The summed E-state index contributed by atoms with van der Waals surface area (Å²) in [5.74, 6) is -0.456. The Labute approximate surface area is 97.8 Å². The Morgan fingerprint density at radius 1 is 1.35 bits per heavy atom. The number of hydrogen-bond acceptors (Lipinski definition) is 5. The zero-order chi connectivity index (χ0) is 12.4. The molecule has 1 heterocycles. The van der Waals surface area contributed by atoms with Crippen LogP contribution in [0.25, 0.3) is 0 Å². The van der Waals surface area contributed by atoms with Crippen LogP contribution in [0.2, 0.25) is 0 Å². The summed E-state index contributed by atoms with van der Waals surface area (Å²) in [6.07, 6.45) is 0. The normalized spacial score (nSPS) is 10.2. The molecule has 0 aliphatic carbocycles. The molecule has 0 radical (unpaired) electrons. The lowest BCUT2D eigenvalue weighted by molar-refractivity contribution is 0.101. The van der Waals surface area contributed by atoms with Crippen molar-refractivity contribution < 1.29 is 9.42 Å². The molecular formula is C11H12N4O2. The monoisotopic (exact) mass is 232 g/mol. The largest absolute Gasteiger partial charge is 0.379 e. The number of aryl methyl sites for hydroxylation is 2. The molecule has 1 amide bonds. The molecule has 1 aromatic heterocycles. The first-order chi connectivity index (χ1) is 8.08. The summed E-state index contributed by atoms with van der Waals surface area (Å²) >= 11 is 0. The second kappa shape index (κ2) is 4.25. The van der Waals surface area contributed by atoms with E-state index in [1.54, 1.807) is 0 Å². The van der Waals surface area contributed by atoms with Gasteiger partial charge in [-0.15, -0.1) is 0 Å². The van der Waals surface area contributed by atoms with Gasteiger partial charge in [-0.05, 0) is 35.8 Å². The second-order valence-electron chi connectivity index (χ2n) is 3.77. The number of hydrogen-bond donors (Lipinski definition) is 2. The molecule has 3 N–H and O–H groups in total. The first-order valence-electron chi connectivity index (χ1n) is 5.04. The lowest BCUT2D eigenvalue weighted by Crippen LogP contribution is -2.15. The molecule has 0 unspecified atom stereocenters. The lowest BCUT2D eigenvalue weighted by atomic mass is 10.1. The SMILES string of the molecule is Cc1ccc(NC(=O)c2nonc2N)c(C)c1. The van der Waals surface area contributed by atoms with E-state index in [0.717, 1.165) is 11.1 Å². The predicted molar refractivity (Wildman–Crippen MR) is 62.6 cm³/mol. The molecule has 0 atom stereocenters. The highest BCUT2D eigenvalue weighted by molar-refractivity contribution is 6.05. The summed E-state index contributed by atoms with van der Waals surface area (Å²) in [5, 5.41) is 9.48. The second-order valence-corrected chi connectivity index (χ2v) is 3.77. The summed E-state index contributed by atoms with van der Waals surface area (Å²) in [5.41, 5.74) is 8.22. The van der Waals surface area contributed by atoms with E-state index >= 15 is 0 Å². The van der Waals surface area contributed by atoms with Gasteiger partial charge < -0.3 is 11.1 Å². The van der Waals surface area contributed by atoms with E-state index in [1.165, 1.54) is 0 Å². The van der Waals surface area contributed by atoms with E-state index in [1.807, 2.05) is 32.0 Å². The van der Waals surface area contributed by atoms with Crippen molar-refractivity contribution in [2.24, 2.45) is 0 Å². The van der Waals surface area contributed by atoms with E-state index in [4.69, 9.17) is 5.73 Å². The van der Waals surface area contributed by atoms with Crippen molar-refractivity contribution in [2.75, 3.05) is 11.1 Å². The molecule has 6 nitrogen and oxygen atoms in total. The van der Waals surface area contributed by atoms with Crippen molar-refractivity contribution >= 4 is 17.4 Å². The molecule has 0 aliphatic heterocycles. The Bertz CT molecular complexity index is 562. The molecule has 0 aliphatic rings. The third kappa shape index (κ3) is 2.25. The minimum Gasteiger partial charge on any atom is -0.379 e. The molecule has 17 heavy (non-hydrogen) atoms. The average Bonchev–Trinajstić information content (AvgIpc) is 2.68. The number of aromatic nitrogens is 2. The minimum atomic E-state index is -0.435. The molecule has 0 saturated heterocycles. The number of benzene rings is 1. The maximum atomic E-state index is 11.8. The molecule has 6 heteroatoms. The van der Waals surface area contributed by atoms with Crippen LogP contribution in [-0.4, -0.2) is 16.2 Å². The summed E-state index contributed by atoms with van der Waals surface area (Å²) in [6.45, 7) is 3.89. The van der Waals surface area contributed by atoms with Crippen molar-refractivity contribution in [3.63, 3.8) is 0 Å². The Balaban J connectivity index is 2.22. The maximum absolute atomic E-state index is 11.8. The van der Waals surface area contributed by atoms with Gasteiger partial charge in [0.25, 0.3) is 5.91 Å². The Kier molecular flexibility index (Phi) is 2.78. The molecule has 0 fully saturated rings. The van der Waals surface area contributed by atoms with E-state index in [2.05, 4.69) is 20.3 Å². The number of nitrogens with two attached hydrogens (primary N) is 1. The van der Waals surface area contributed by atoms with Crippen LogP contribution in [0.1, 0.15) is 21.6 Å². The fourth-order valence-electron chi connectivity index (χ4n) is 1.49. The van der Waals surface area contributed by atoms with Gasteiger partial charge in [-0.1, -0.05) is 17.7 Å². The molecule has 0 spiro atoms. The predicted octanol–water partition coefficient (Wildman–Crippen LogP) is 1.52. The summed E-state index contributed by atoms with van der Waals surface area (Å²) in [4.78, 5) is 11.8. The van der Waals surface area contributed by atoms with Gasteiger partial charge in [0.2, 0.25) is 11.5 Å². The van der Waals surface area contributed by atoms with Gasteiger partial charge in [-0.25, -0.2) is 4.63 Å². The van der Waals surface area contributed by atoms with Gasteiger partial charge in [0.1, 0.15) is 0 Å². The summed E-state index contributed by atoms with van der Waals surface area (Å²) in [6, 6.07) is 5.71. The van der Waals surface area contributed by atoms with Crippen LogP contribution >= 0.6 is 0 Å². The van der Waals surface area contributed by atoms with E-state index < -0.39 is 5.91 Å². The highest BCUT2D eigenvalue weighted by Gasteiger charge is 2.16. The number of nitrogen functional groups attached to an aromatic ring is 1. The third-order valence-electron chi connectivity index (χ3n) is 2.36. The topological polar surface area (TPSA) is 94.0 Å². The smallest absolute Gasteiger partial charge is 0.281 e. The number of carbonyl (C=O) groups excluding carboxylic acids is 1. The van der Waals surface area contributed by atoms with Gasteiger partial charge in [0.05, 0.1) is 0 Å². The van der Waals surface area contributed by atoms with E-state index in [0.29, 0.717) is 5.69 Å². The minimum absolute atomic E-state index is 0.00928. The van der Waals surface area contributed by atoms with Crippen molar-refractivity contribution in [1.82, 2.24) is 10.3 Å². The van der Waals surface area contributed by atoms with Gasteiger partial charge in [0, 0.05) is 5.69 Å². The number of amides is 1. The van der Waals surface area contributed by atoms with Gasteiger partial charge in [0.15, 0.2) is 0 Å². The maximum Gasteiger partial charge on any atom is 0.281 e. The number of nitrogens with one attached hydrogen (secondary N) is 1. The van der Waals surface area contributed by atoms with Crippen LogP contribution in [0.3, 0.4) is 0 Å². The zero-order valence-electron chi connectivity index (χ0n) is 9.52. The van der Waals surface area contributed by atoms with Gasteiger partial charge >= 0.3 is 0 Å². The first kappa shape index (κ1) is 11.1. The number of carbonyl (C=O) groups is 1. The van der Waals surface area contributed by atoms with Crippen LogP contribution in [0, 0.1) is 13.8 Å². The first-order valence-corrected chi connectivity index (χ1v) is 5.04. The van der Waals surface area contributed by atoms with Crippen LogP contribution in [0.4, 0.5) is 11.5 Å². The zero-order valence-corrected chi connectivity index (χ0v) is 9.52.